The van der Waals surface area contributed by atoms with Gasteiger partial charge >= 0.3 is 5.97 Å². The molecule has 30 heavy (non-hydrogen) atoms. The second kappa shape index (κ2) is 10.8. The Hall–Kier alpha value is -2.80. The summed E-state index contributed by atoms with van der Waals surface area (Å²) >= 11 is 1.43. The van der Waals surface area contributed by atoms with Crippen LogP contribution >= 0.6 is 11.3 Å². The van der Waals surface area contributed by atoms with Gasteiger partial charge in [0.05, 0.1) is 17.7 Å². The van der Waals surface area contributed by atoms with Gasteiger partial charge in [0.25, 0.3) is 0 Å². The van der Waals surface area contributed by atoms with E-state index in [1.165, 1.54) is 11.3 Å². The Morgan fingerprint density at radius 1 is 1.30 bits per heavy atom. The summed E-state index contributed by atoms with van der Waals surface area (Å²) in [6.45, 7) is 2.69. The number of ether oxygens (including phenoxy) is 1. The number of esters is 1. The van der Waals surface area contributed by atoms with Crippen LogP contribution in [0.1, 0.15) is 47.2 Å². The summed E-state index contributed by atoms with van der Waals surface area (Å²) in [6.07, 6.45) is 6.52. The molecule has 1 saturated heterocycles. The molecule has 3 rings (SSSR count). The van der Waals surface area contributed by atoms with E-state index in [1.807, 2.05) is 41.3 Å². The van der Waals surface area contributed by atoms with Crippen LogP contribution in [-0.2, 0) is 27.2 Å². The highest BCUT2D eigenvalue weighted by Crippen LogP contribution is 2.21. The highest BCUT2D eigenvalue weighted by Gasteiger charge is 2.28. The lowest BCUT2D eigenvalue weighted by atomic mass is 10.1. The molecule has 6 nitrogen and oxygen atoms in total. The van der Waals surface area contributed by atoms with Crippen LogP contribution in [0.4, 0.5) is 0 Å². The van der Waals surface area contributed by atoms with Crippen LogP contribution in [0.25, 0.3) is 0 Å². The van der Waals surface area contributed by atoms with Crippen LogP contribution in [0.3, 0.4) is 0 Å². The molecule has 1 fully saturated rings. The van der Waals surface area contributed by atoms with E-state index in [0.29, 0.717) is 38.1 Å². The predicted octanol–water partition coefficient (Wildman–Crippen LogP) is 3.61. The normalized spacial score (nSPS) is 16.4. The first kappa shape index (κ1) is 21.9. The van der Waals surface area contributed by atoms with E-state index in [0.717, 1.165) is 23.4 Å². The second-order valence-electron chi connectivity index (χ2n) is 7.13. The zero-order valence-corrected chi connectivity index (χ0v) is 17.9. The molecule has 2 heterocycles. The molecular formula is C23H26N2O4S. The van der Waals surface area contributed by atoms with Gasteiger partial charge in [0.15, 0.2) is 11.5 Å². The van der Waals surface area contributed by atoms with Crippen LogP contribution in [0.2, 0.25) is 0 Å². The number of carbonyl (C=O) groups is 3. The Balaban J connectivity index is 1.49. The number of nitrogens with zero attached hydrogens (tertiary/aromatic N) is 2. The van der Waals surface area contributed by atoms with Crippen LogP contribution in [0.15, 0.2) is 47.9 Å². The Morgan fingerprint density at radius 3 is 2.87 bits per heavy atom. The van der Waals surface area contributed by atoms with E-state index in [1.54, 1.807) is 18.4 Å². The third-order valence-electron chi connectivity index (χ3n) is 4.93. The third kappa shape index (κ3) is 6.10. The molecule has 1 aromatic heterocycles. The third-order valence-corrected chi connectivity index (χ3v) is 5.83. The van der Waals surface area contributed by atoms with Gasteiger partial charge in [0, 0.05) is 31.2 Å². The number of thiazole rings is 1. The van der Waals surface area contributed by atoms with E-state index in [2.05, 4.69) is 4.98 Å². The molecule has 0 N–H and O–H groups in total. The average Bonchev–Trinajstić information content (AvgIpc) is 3.35. The summed E-state index contributed by atoms with van der Waals surface area (Å²) in [6, 6.07) is 9.59. The molecule has 158 valence electrons. The number of aromatic nitrogens is 1. The van der Waals surface area contributed by atoms with Crippen LogP contribution in [0, 0.1) is 0 Å². The minimum atomic E-state index is -0.403. The minimum Gasteiger partial charge on any atom is -0.461 e. The lowest BCUT2D eigenvalue weighted by Gasteiger charge is -2.22. The molecule has 1 aliphatic rings. The van der Waals surface area contributed by atoms with E-state index >= 15 is 0 Å². The number of hydrogen-bond acceptors (Lipinski definition) is 6. The van der Waals surface area contributed by atoms with Crippen molar-refractivity contribution in [1.82, 2.24) is 9.88 Å². The largest absolute Gasteiger partial charge is 0.461 e. The first-order chi connectivity index (χ1) is 14.6. The highest BCUT2D eigenvalue weighted by molar-refractivity contribution is 7.09. The van der Waals surface area contributed by atoms with Gasteiger partial charge in [-0.1, -0.05) is 36.4 Å². The average molecular weight is 427 g/mol. The number of amides is 1. The minimum absolute atomic E-state index is 0.0368. The Morgan fingerprint density at radius 2 is 2.10 bits per heavy atom. The number of hydrogen-bond donors (Lipinski definition) is 0. The van der Waals surface area contributed by atoms with Crippen molar-refractivity contribution in [1.29, 1.82) is 0 Å². The zero-order valence-electron chi connectivity index (χ0n) is 17.1. The van der Waals surface area contributed by atoms with E-state index in [9.17, 15) is 14.4 Å². The molecule has 1 aromatic carbocycles. The van der Waals surface area contributed by atoms with Crippen molar-refractivity contribution >= 4 is 29.0 Å². The molecule has 0 radical (unpaired) electrons. The van der Waals surface area contributed by atoms with Gasteiger partial charge < -0.3 is 9.64 Å². The second-order valence-corrected chi connectivity index (χ2v) is 8.07. The van der Waals surface area contributed by atoms with Gasteiger partial charge in [-0.25, -0.2) is 9.78 Å². The van der Waals surface area contributed by atoms with Crippen molar-refractivity contribution in [2.24, 2.45) is 0 Å². The molecule has 7 heteroatoms. The molecule has 1 amide bonds. The van der Waals surface area contributed by atoms with Crippen molar-refractivity contribution in [2.75, 3.05) is 13.2 Å². The molecular weight excluding hydrogens is 400 g/mol. The SMILES string of the molecule is CCOC(=O)c1csc(CCCN2C(=O)CCC2/C=C/C(=O)Cc2ccccc2)n1. The van der Waals surface area contributed by atoms with Crippen molar-refractivity contribution in [2.45, 2.75) is 45.1 Å². The lowest BCUT2D eigenvalue weighted by Crippen LogP contribution is -2.33. The number of allylic oxidation sites excluding steroid dienone is 1. The summed E-state index contributed by atoms with van der Waals surface area (Å²) in [5.41, 5.74) is 1.32. The van der Waals surface area contributed by atoms with Crippen molar-refractivity contribution in [3.05, 3.63) is 64.1 Å². The summed E-state index contributed by atoms with van der Waals surface area (Å²) in [5.74, 6) is -0.249. The summed E-state index contributed by atoms with van der Waals surface area (Å²) in [4.78, 5) is 42.3. The summed E-state index contributed by atoms with van der Waals surface area (Å²) < 4.78 is 4.96. The van der Waals surface area contributed by atoms with Gasteiger partial charge in [0.1, 0.15) is 0 Å². The number of aryl methyl sites for hydroxylation is 1. The van der Waals surface area contributed by atoms with E-state index in [-0.39, 0.29) is 17.7 Å². The monoisotopic (exact) mass is 426 g/mol. The summed E-state index contributed by atoms with van der Waals surface area (Å²) in [5, 5.41) is 2.56. The van der Waals surface area contributed by atoms with Crippen LogP contribution in [0.5, 0.6) is 0 Å². The topological polar surface area (TPSA) is 76.6 Å². The van der Waals surface area contributed by atoms with Crippen LogP contribution < -0.4 is 0 Å². The number of rotatable bonds is 10. The lowest BCUT2D eigenvalue weighted by molar-refractivity contribution is -0.128. The molecule has 1 atom stereocenters. The van der Waals surface area contributed by atoms with Crippen molar-refractivity contribution in [3.8, 4) is 0 Å². The van der Waals surface area contributed by atoms with E-state index < -0.39 is 5.97 Å². The predicted molar refractivity (Wildman–Crippen MR) is 115 cm³/mol. The zero-order chi connectivity index (χ0) is 21.3. The van der Waals surface area contributed by atoms with E-state index in [4.69, 9.17) is 4.74 Å². The Labute approximate surface area is 180 Å². The molecule has 0 aliphatic carbocycles. The maximum Gasteiger partial charge on any atom is 0.357 e. The summed E-state index contributed by atoms with van der Waals surface area (Å²) in [7, 11) is 0. The number of likely N-dealkylation sites (tertiary alicyclic amines) is 1. The fourth-order valence-electron chi connectivity index (χ4n) is 3.45. The smallest absolute Gasteiger partial charge is 0.357 e. The molecule has 0 spiro atoms. The Bertz CT molecular complexity index is 907. The molecule has 1 unspecified atom stereocenters. The molecule has 0 bridgehead atoms. The standard InChI is InChI=1S/C23H26N2O4S/c1-2-29-23(28)20-16-30-21(24-20)9-6-14-25-18(11-13-22(25)27)10-12-19(26)15-17-7-4-3-5-8-17/h3-5,7-8,10,12,16,18H,2,6,9,11,13-15H2,1H3/b12-10+. The number of benzene rings is 1. The van der Waals surface area contributed by atoms with Crippen LogP contribution in [-0.4, -0.2) is 46.7 Å². The van der Waals surface area contributed by atoms with Crippen molar-refractivity contribution in [3.63, 3.8) is 0 Å². The maximum absolute atomic E-state index is 12.3. The fraction of sp³-hybridized carbons (Fsp3) is 0.391. The number of carbonyl (C=O) groups excluding carboxylic acids is 3. The van der Waals surface area contributed by atoms with Gasteiger partial charge in [0.2, 0.25) is 5.91 Å². The van der Waals surface area contributed by atoms with Crippen molar-refractivity contribution < 1.29 is 19.1 Å². The van der Waals surface area contributed by atoms with Gasteiger partial charge in [-0.05, 0) is 31.4 Å². The quantitative estimate of drug-likeness (QED) is 0.428. The van der Waals surface area contributed by atoms with Gasteiger partial charge in [-0.2, -0.15) is 0 Å². The molecule has 1 aliphatic heterocycles. The fourth-order valence-corrected chi connectivity index (χ4v) is 4.26. The first-order valence-corrected chi connectivity index (χ1v) is 11.1. The highest BCUT2D eigenvalue weighted by atomic mass is 32.1. The number of ketones is 1. The first-order valence-electron chi connectivity index (χ1n) is 10.2. The molecule has 0 saturated carbocycles. The Kier molecular flexibility index (Phi) is 7.90. The molecule has 2 aromatic rings. The van der Waals surface area contributed by atoms with Gasteiger partial charge in [-0.15, -0.1) is 11.3 Å². The maximum atomic E-state index is 12.3. The van der Waals surface area contributed by atoms with Gasteiger partial charge in [-0.3, -0.25) is 9.59 Å².